The van der Waals surface area contributed by atoms with Crippen LogP contribution in [0.4, 0.5) is 17.1 Å². The molecule has 29 heavy (non-hydrogen) atoms. The summed E-state index contributed by atoms with van der Waals surface area (Å²) in [7, 11) is 0. The first-order valence-electron chi connectivity index (χ1n) is 7.93. The predicted octanol–water partition coefficient (Wildman–Crippen LogP) is 3.39. The van der Waals surface area contributed by atoms with Crippen molar-refractivity contribution in [2.45, 2.75) is 24.4 Å². The van der Waals surface area contributed by atoms with Gasteiger partial charge in [0.1, 0.15) is 10.9 Å². The lowest BCUT2D eigenvalue weighted by atomic mass is 10.2. The molecule has 0 aromatic heterocycles. The number of benzene rings is 2. The summed E-state index contributed by atoms with van der Waals surface area (Å²) in [6.45, 7) is 1.38. The lowest BCUT2D eigenvalue weighted by Crippen LogP contribution is -2.33. The van der Waals surface area contributed by atoms with Gasteiger partial charge in [-0.3, -0.25) is 35.1 Å². The van der Waals surface area contributed by atoms with Crippen molar-refractivity contribution < 1.29 is 24.7 Å². The molecule has 0 saturated carbocycles. The van der Waals surface area contributed by atoms with Crippen LogP contribution in [0.3, 0.4) is 0 Å². The van der Waals surface area contributed by atoms with E-state index in [9.17, 15) is 40.2 Å². The van der Waals surface area contributed by atoms with Crippen molar-refractivity contribution in [2.24, 2.45) is 0 Å². The molecule has 0 aliphatic rings. The molecule has 0 aliphatic carbocycles. The van der Waals surface area contributed by atoms with Crippen molar-refractivity contribution in [2.75, 3.05) is 0 Å². The van der Waals surface area contributed by atoms with Crippen molar-refractivity contribution in [3.8, 4) is 0 Å². The second kappa shape index (κ2) is 9.07. The number of non-ortho nitro benzene ring substituents is 2. The third-order valence-corrected chi connectivity index (χ3v) is 5.06. The standard InChI is InChI=1S/C16H14N4O8S/c1-10(16(21)22)17(9-11-2-4-12(5-3-11)18(23)24)29-15-7-6-13(19(25)26)8-14(15)20(27)28/h2-8,10H,9H2,1H3,(H,21,22)/t10-/m0/s1. The van der Waals surface area contributed by atoms with E-state index < -0.39 is 38.2 Å². The molecule has 2 aromatic rings. The van der Waals surface area contributed by atoms with E-state index in [1.807, 2.05) is 0 Å². The van der Waals surface area contributed by atoms with Gasteiger partial charge >= 0.3 is 5.97 Å². The molecule has 0 heterocycles. The Morgan fingerprint density at radius 2 is 1.55 bits per heavy atom. The Bertz CT molecular complexity index is 966. The molecule has 0 aliphatic heterocycles. The van der Waals surface area contributed by atoms with Crippen molar-refractivity contribution >= 4 is 35.0 Å². The first-order valence-corrected chi connectivity index (χ1v) is 8.71. The Morgan fingerprint density at radius 3 is 2.03 bits per heavy atom. The van der Waals surface area contributed by atoms with Crippen LogP contribution < -0.4 is 0 Å². The molecule has 2 rings (SSSR count). The lowest BCUT2D eigenvalue weighted by molar-refractivity contribution is -0.396. The van der Waals surface area contributed by atoms with Crippen molar-refractivity contribution in [3.05, 3.63) is 78.4 Å². The molecular weight excluding hydrogens is 408 g/mol. The molecule has 13 heteroatoms. The average molecular weight is 422 g/mol. The Morgan fingerprint density at radius 1 is 1.00 bits per heavy atom. The van der Waals surface area contributed by atoms with Gasteiger partial charge in [0.25, 0.3) is 17.1 Å². The van der Waals surface area contributed by atoms with Gasteiger partial charge in [0.05, 0.1) is 20.8 Å². The van der Waals surface area contributed by atoms with E-state index in [2.05, 4.69) is 0 Å². The van der Waals surface area contributed by atoms with Crippen LogP contribution in [0.1, 0.15) is 12.5 Å². The van der Waals surface area contributed by atoms with E-state index in [1.165, 1.54) is 41.6 Å². The Balaban J connectivity index is 2.36. The van der Waals surface area contributed by atoms with Gasteiger partial charge in [0.2, 0.25) is 0 Å². The second-order valence-corrected chi connectivity index (χ2v) is 6.86. The van der Waals surface area contributed by atoms with E-state index in [-0.39, 0.29) is 17.1 Å². The van der Waals surface area contributed by atoms with Gasteiger partial charge in [-0.15, -0.1) is 0 Å². The number of hydrogen-bond donors (Lipinski definition) is 1. The molecule has 0 unspecified atom stereocenters. The number of carbonyl (C=O) groups is 1. The quantitative estimate of drug-likeness (QED) is 0.359. The van der Waals surface area contributed by atoms with Crippen LogP contribution in [0.15, 0.2) is 47.4 Å². The lowest BCUT2D eigenvalue weighted by Gasteiger charge is -2.24. The summed E-state index contributed by atoms with van der Waals surface area (Å²) in [5.41, 5.74) is -0.587. The monoisotopic (exact) mass is 422 g/mol. The third kappa shape index (κ3) is 5.46. The molecule has 0 spiro atoms. The fraction of sp³-hybridized carbons (Fsp3) is 0.188. The fourth-order valence-electron chi connectivity index (χ4n) is 2.24. The molecule has 1 atom stereocenters. The van der Waals surface area contributed by atoms with Crippen LogP contribution in [-0.4, -0.2) is 36.2 Å². The van der Waals surface area contributed by atoms with Gasteiger partial charge in [0.15, 0.2) is 0 Å². The minimum Gasteiger partial charge on any atom is -0.480 e. The highest BCUT2D eigenvalue weighted by molar-refractivity contribution is 7.97. The number of carboxylic acid groups (broad SMARTS) is 1. The maximum absolute atomic E-state index is 11.5. The van der Waals surface area contributed by atoms with E-state index in [0.717, 1.165) is 24.1 Å². The fourth-order valence-corrected chi connectivity index (χ4v) is 3.31. The topological polar surface area (TPSA) is 170 Å². The SMILES string of the molecule is C[C@@H](C(=O)O)N(Cc1ccc([N+](=O)[O-])cc1)Sc1ccc([N+](=O)[O-])cc1[N+](=O)[O-]. The Kier molecular flexibility index (Phi) is 6.80. The van der Waals surface area contributed by atoms with E-state index in [4.69, 9.17) is 0 Å². The van der Waals surface area contributed by atoms with E-state index in [1.54, 1.807) is 0 Å². The summed E-state index contributed by atoms with van der Waals surface area (Å²) in [5.74, 6) is -1.19. The van der Waals surface area contributed by atoms with Gasteiger partial charge in [0, 0.05) is 24.7 Å². The van der Waals surface area contributed by atoms with Crippen LogP contribution in [0.25, 0.3) is 0 Å². The normalized spacial score (nSPS) is 11.8. The summed E-state index contributed by atoms with van der Waals surface area (Å²) < 4.78 is 1.33. The number of nitrogens with zero attached hydrogens (tertiary/aromatic N) is 4. The molecule has 12 nitrogen and oxygen atoms in total. The highest BCUT2D eigenvalue weighted by Crippen LogP contribution is 2.36. The van der Waals surface area contributed by atoms with Gasteiger partial charge in [-0.2, -0.15) is 0 Å². The first kappa shape index (κ1) is 21.7. The smallest absolute Gasteiger partial charge is 0.321 e. The van der Waals surface area contributed by atoms with E-state index >= 15 is 0 Å². The largest absolute Gasteiger partial charge is 0.480 e. The zero-order valence-corrected chi connectivity index (χ0v) is 15.6. The maximum Gasteiger partial charge on any atom is 0.321 e. The summed E-state index contributed by atoms with van der Waals surface area (Å²) in [5, 5.41) is 42.3. The highest BCUT2D eigenvalue weighted by Gasteiger charge is 2.27. The maximum atomic E-state index is 11.5. The van der Waals surface area contributed by atoms with Crippen LogP contribution in [-0.2, 0) is 11.3 Å². The van der Waals surface area contributed by atoms with Gasteiger partial charge in [-0.25, -0.2) is 4.31 Å². The number of carboxylic acids is 1. The predicted molar refractivity (Wildman–Crippen MR) is 101 cm³/mol. The summed E-state index contributed by atoms with van der Waals surface area (Å²) >= 11 is 0.760. The minimum atomic E-state index is -1.19. The zero-order chi connectivity index (χ0) is 21.7. The van der Waals surface area contributed by atoms with Gasteiger partial charge < -0.3 is 5.11 Å². The van der Waals surface area contributed by atoms with Crippen LogP contribution in [0, 0.1) is 30.3 Å². The molecule has 0 fully saturated rings. The number of aliphatic carboxylic acids is 1. The van der Waals surface area contributed by atoms with Crippen LogP contribution in [0.2, 0.25) is 0 Å². The zero-order valence-electron chi connectivity index (χ0n) is 14.8. The third-order valence-electron chi connectivity index (χ3n) is 3.84. The summed E-state index contributed by atoms with van der Waals surface area (Å²) in [4.78, 5) is 42.3. The highest BCUT2D eigenvalue weighted by atomic mass is 32.2. The molecular formula is C16H14N4O8S. The molecule has 0 radical (unpaired) electrons. The molecule has 0 saturated heterocycles. The van der Waals surface area contributed by atoms with Gasteiger partial charge in [-0.05, 0) is 30.5 Å². The number of hydrogen-bond acceptors (Lipinski definition) is 9. The average Bonchev–Trinajstić information content (AvgIpc) is 2.67. The van der Waals surface area contributed by atoms with Crippen LogP contribution in [0.5, 0.6) is 0 Å². The molecule has 2 aromatic carbocycles. The van der Waals surface area contributed by atoms with Crippen LogP contribution >= 0.6 is 11.9 Å². The summed E-state index contributed by atoms with van der Waals surface area (Å²) in [6, 6.07) is 7.41. The van der Waals surface area contributed by atoms with Crippen molar-refractivity contribution in [3.63, 3.8) is 0 Å². The first-order chi connectivity index (χ1) is 13.6. The molecule has 0 amide bonds. The number of nitro groups is 3. The number of nitro benzene ring substituents is 3. The molecule has 0 bridgehead atoms. The second-order valence-electron chi connectivity index (χ2n) is 5.77. The van der Waals surface area contributed by atoms with E-state index in [0.29, 0.717) is 5.56 Å². The van der Waals surface area contributed by atoms with Crippen molar-refractivity contribution in [1.82, 2.24) is 4.31 Å². The molecule has 1 N–H and O–H groups in total. The molecule has 152 valence electrons. The minimum absolute atomic E-state index is 0.00424. The van der Waals surface area contributed by atoms with Crippen molar-refractivity contribution in [1.29, 1.82) is 0 Å². The Labute approximate surface area is 167 Å². The number of rotatable bonds is 9. The Hall–Kier alpha value is -3.58. The summed E-state index contributed by atoms with van der Waals surface area (Å²) in [6.07, 6.45) is 0. The van der Waals surface area contributed by atoms with Gasteiger partial charge in [-0.1, -0.05) is 12.1 Å².